The van der Waals surface area contributed by atoms with E-state index in [0.717, 1.165) is 26.9 Å². The van der Waals surface area contributed by atoms with E-state index in [4.69, 9.17) is 5.11 Å². The lowest BCUT2D eigenvalue weighted by Crippen LogP contribution is -2.04. The van der Waals surface area contributed by atoms with Gasteiger partial charge in [0.15, 0.2) is 0 Å². The second-order valence-corrected chi connectivity index (χ2v) is 5.70. The number of para-hydroxylation sites is 2. The van der Waals surface area contributed by atoms with Crippen LogP contribution in [0.1, 0.15) is 21.7 Å². The van der Waals surface area contributed by atoms with Gasteiger partial charge >= 0.3 is 5.97 Å². The molecule has 0 radical (unpaired) electrons. The van der Waals surface area contributed by atoms with Gasteiger partial charge in [-0.2, -0.15) is 0 Å². The number of benzene rings is 2. The predicted molar refractivity (Wildman–Crippen MR) is 84.7 cm³/mol. The van der Waals surface area contributed by atoms with E-state index < -0.39 is 5.97 Å². The van der Waals surface area contributed by atoms with Gasteiger partial charge in [-0.3, -0.25) is 0 Å². The first kappa shape index (κ1) is 13.8. The van der Waals surface area contributed by atoms with Crippen LogP contribution < -0.4 is 0 Å². The Morgan fingerprint density at radius 2 is 2.05 bits per heavy atom. The smallest absolute Gasteiger partial charge is 0.335 e. The molecule has 0 atom stereocenters. The van der Waals surface area contributed by atoms with Crippen molar-refractivity contribution in [3.05, 3.63) is 63.9 Å². The van der Waals surface area contributed by atoms with Crippen molar-refractivity contribution in [2.24, 2.45) is 0 Å². The normalized spacial score (nSPS) is 11.0. The number of carbonyl (C=O) groups is 1. The summed E-state index contributed by atoms with van der Waals surface area (Å²) in [5.41, 5.74) is 3.33. The number of imidazole rings is 1. The van der Waals surface area contributed by atoms with Crippen LogP contribution in [-0.4, -0.2) is 20.6 Å². The zero-order valence-corrected chi connectivity index (χ0v) is 13.0. The van der Waals surface area contributed by atoms with Crippen molar-refractivity contribution < 1.29 is 9.90 Å². The van der Waals surface area contributed by atoms with Crippen LogP contribution in [0.15, 0.2) is 46.9 Å². The molecule has 2 aromatic carbocycles. The van der Waals surface area contributed by atoms with Crippen molar-refractivity contribution in [1.29, 1.82) is 0 Å². The van der Waals surface area contributed by atoms with Crippen LogP contribution in [0.4, 0.5) is 0 Å². The number of aryl methyl sites for hydroxylation is 1. The molecule has 5 heteroatoms. The molecule has 0 spiro atoms. The van der Waals surface area contributed by atoms with Crippen LogP contribution in [-0.2, 0) is 6.54 Å². The third-order valence-electron chi connectivity index (χ3n) is 3.47. The van der Waals surface area contributed by atoms with E-state index in [1.807, 2.05) is 37.3 Å². The molecular formula is C16H13BrN2O2. The highest BCUT2D eigenvalue weighted by atomic mass is 79.9. The SMILES string of the molecule is Cc1nc2ccccc2n1Cc1ccc(C(=O)O)cc1Br. The summed E-state index contributed by atoms with van der Waals surface area (Å²) >= 11 is 3.45. The first-order valence-electron chi connectivity index (χ1n) is 6.50. The molecule has 1 heterocycles. The molecule has 21 heavy (non-hydrogen) atoms. The number of hydrogen-bond donors (Lipinski definition) is 1. The lowest BCUT2D eigenvalue weighted by Gasteiger charge is -2.09. The Kier molecular flexibility index (Phi) is 3.51. The van der Waals surface area contributed by atoms with E-state index in [2.05, 4.69) is 25.5 Å². The molecule has 1 N–H and O–H groups in total. The number of nitrogens with zero attached hydrogens (tertiary/aromatic N) is 2. The predicted octanol–water partition coefficient (Wildman–Crippen LogP) is 3.85. The molecule has 3 aromatic rings. The minimum Gasteiger partial charge on any atom is -0.478 e. The summed E-state index contributed by atoms with van der Waals surface area (Å²) in [6.07, 6.45) is 0. The van der Waals surface area contributed by atoms with E-state index in [9.17, 15) is 4.79 Å². The van der Waals surface area contributed by atoms with Gasteiger partial charge in [0.1, 0.15) is 5.82 Å². The molecule has 3 rings (SSSR count). The zero-order valence-electron chi connectivity index (χ0n) is 11.4. The number of carboxylic acid groups (broad SMARTS) is 1. The summed E-state index contributed by atoms with van der Waals surface area (Å²) in [7, 11) is 0. The summed E-state index contributed by atoms with van der Waals surface area (Å²) in [5.74, 6) is 0.0110. The third kappa shape index (κ3) is 2.56. The number of aromatic carboxylic acids is 1. The van der Waals surface area contributed by atoms with Crippen LogP contribution in [0.2, 0.25) is 0 Å². The average Bonchev–Trinajstić information content (AvgIpc) is 2.77. The van der Waals surface area contributed by atoms with Crippen molar-refractivity contribution in [3.63, 3.8) is 0 Å². The fourth-order valence-corrected chi connectivity index (χ4v) is 2.88. The Morgan fingerprint density at radius 1 is 1.29 bits per heavy atom. The second kappa shape index (κ2) is 5.33. The minimum absolute atomic E-state index is 0.276. The van der Waals surface area contributed by atoms with Gasteiger partial charge in [-0.25, -0.2) is 9.78 Å². The molecule has 106 valence electrons. The van der Waals surface area contributed by atoms with E-state index in [0.29, 0.717) is 6.54 Å². The van der Waals surface area contributed by atoms with Crippen molar-refractivity contribution in [2.75, 3.05) is 0 Å². The minimum atomic E-state index is -0.925. The van der Waals surface area contributed by atoms with Crippen LogP contribution in [0.25, 0.3) is 11.0 Å². The molecule has 0 saturated heterocycles. The molecule has 0 aliphatic carbocycles. The van der Waals surface area contributed by atoms with Gasteiger partial charge in [0, 0.05) is 4.47 Å². The van der Waals surface area contributed by atoms with Gasteiger partial charge in [-0.15, -0.1) is 0 Å². The molecular weight excluding hydrogens is 332 g/mol. The fourth-order valence-electron chi connectivity index (χ4n) is 2.37. The third-order valence-corrected chi connectivity index (χ3v) is 4.21. The fraction of sp³-hybridized carbons (Fsp3) is 0.125. The molecule has 0 saturated carbocycles. The standard InChI is InChI=1S/C16H13BrN2O2/c1-10-18-14-4-2-3-5-15(14)19(10)9-12-7-6-11(16(20)21)8-13(12)17/h2-8H,9H2,1H3,(H,20,21). The number of rotatable bonds is 3. The second-order valence-electron chi connectivity index (χ2n) is 4.85. The van der Waals surface area contributed by atoms with Gasteiger partial charge < -0.3 is 9.67 Å². The van der Waals surface area contributed by atoms with E-state index in [1.54, 1.807) is 12.1 Å². The highest BCUT2D eigenvalue weighted by molar-refractivity contribution is 9.10. The highest BCUT2D eigenvalue weighted by Crippen LogP contribution is 2.23. The Bertz CT molecular complexity index is 839. The van der Waals surface area contributed by atoms with Crippen LogP contribution in [0, 0.1) is 6.92 Å². The van der Waals surface area contributed by atoms with Crippen LogP contribution >= 0.6 is 15.9 Å². The monoisotopic (exact) mass is 344 g/mol. The van der Waals surface area contributed by atoms with Gasteiger partial charge in [0.25, 0.3) is 0 Å². The van der Waals surface area contributed by atoms with E-state index >= 15 is 0 Å². The average molecular weight is 345 g/mol. The summed E-state index contributed by atoms with van der Waals surface area (Å²) in [5, 5.41) is 9.01. The topological polar surface area (TPSA) is 55.1 Å². The van der Waals surface area contributed by atoms with Gasteiger partial charge in [-0.05, 0) is 36.8 Å². The Labute approximate surface area is 130 Å². The zero-order chi connectivity index (χ0) is 15.0. The first-order chi connectivity index (χ1) is 10.1. The van der Waals surface area contributed by atoms with Crippen molar-refractivity contribution in [1.82, 2.24) is 9.55 Å². The number of carboxylic acids is 1. The van der Waals surface area contributed by atoms with Crippen molar-refractivity contribution in [3.8, 4) is 0 Å². The number of aromatic nitrogens is 2. The Hall–Kier alpha value is -2.14. The first-order valence-corrected chi connectivity index (χ1v) is 7.29. The van der Waals surface area contributed by atoms with Gasteiger partial charge in [-0.1, -0.05) is 34.1 Å². The summed E-state index contributed by atoms with van der Waals surface area (Å²) < 4.78 is 2.91. The van der Waals surface area contributed by atoms with Crippen molar-refractivity contribution >= 4 is 32.9 Å². The Balaban J connectivity index is 2.03. The van der Waals surface area contributed by atoms with E-state index in [1.165, 1.54) is 0 Å². The molecule has 4 nitrogen and oxygen atoms in total. The van der Waals surface area contributed by atoms with Crippen LogP contribution in [0.5, 0.6) is 0 Å². The lowest BCUT2D eigenvalue weighted by atomic mass is 10.1. The maximum absolute atomic E-state index is 11.0. The van der Waals surface area contributed by atoms with Gasteiger partial charge in [0.05, 0.1) is 23.1 Å². The van der Waals surface area contributed by atoms with Crippen LogP contribution in [0.3, 0.4) is 0 Å². The molecule has 1 aromatic heterocycles. The highest BCUT2D eigenvalue weighted by Gasteiger charge is 2.11. The quantitative estimate of drug-likeness (QED) is 0.784. The number of halogens is 1. The number of hydrogen-bond acceptors (Lipinski definition) is 2. The van der Waals surface area contributed by atoms with Crippen molar-refractivity contribution in [2.45, 2.75) is 13.5 Å². The number of fused-ring (bicyclic) bond motifs is 1. The molecule has 0 fully saturated rings. The molecule has 0 unspecified atom stereocenters. The largest absolute Gasteiger partial charge is 0.478 e. The summed E-state index contributed by atoms with van der Waals surface area (Å²) in [6, 6.07) is 13.1. The van der Waals surface area contributed by atoms with E-state index in [-0.39, 0.29) is 5.56 Å². The molecule has 0 bridgehead atoms. The summed E-state index contributed by atoms with van der Waals surface area (Å²) in [6.45, 7) is 2.62. The molecule has 0 amide bonds. The summed E-state index contributed by atoms with van der Waals surface area (Å²) in [4.78, 5) is 15.5. The lowest BCUT2D eigenvalue weighted by molar-refractivity contribution is 0.0697. The van der Waals surface area contributed by atoms with Gasteiger partial charge in [0.2, 0.25) is 0 Å². The maximum atomic E-state index is 11.0. The maximum Gasteiger partial charge on any atom is 0.335 e. The molecule has 0 aliphatic rings. The molecule has 0 aliphatic heterocycles. The Morgan fingerprint density at radius 3 is 2.76 bits per heavy atom.